The quantitative estimate of drug-likeness (QED) is 0.813. The summed E-state index contributed by atoms with van der Waals surface area (Å²) in [5, 5.41) is 0. The molecule has 0 unspecified atom stereocenters. The van der Waals surface area contributed by atoms with E-state index in [0.29, 0.717) is 10.9 Å². The molecule has 2 aliphatic rings. The third-order valence-electron chi connectivity index (χ3n) is 5.65. The number of benzene rings is 1. The van der Waals surface area contributed by atoms with E-state index in [1.807, 2.05) is 6.07 Å². The summed E-state index contributed by atoms with van der Waals surface area (Å²) in [6, 6.07) is 9.47. The Morgan fingerprint density at radius 2 is 1.67 bits per heavy atom. The minimum atomic E-state index is -3.37. The predicted octanol–water partition coefficient (Wildman–Crippen LogP) is 3.38. The van der Waals surface area contributed by atoms with E-state index in [1.165, 1.54) is 25.9 Å². The summed E-state index contributed by atoms with van der Waals surface area (Å²) in [4.78, 5) is 2.99. The molecule has 6 heteroatoms. The van der Waals surface area contributed by atoms with Gasteiger partial charge in [-0.1, -0.05) is 25.1 Å². The molecule has 136 valence electrons. The molecule has 0 spiro atoms. The van der Waals surface area contributed by atoms with Gasteiger partial charge in [0.1, 0.15) is 0 Å². The minimum absolute atomic E-state index is 0. The number of sulfonamides is 1. The molecular formula is C18H29ClN2O2S. The van der Waals surface area contributed by atoms with Gasteiger partial charge in [0.15, 0.2) is 0 Å². The summed E-state index contributed by atoms with van der Waals surface area (Å²) in [5.41, 5.74) is 0. The molecule has 0 N–H and O–H groups in total. The van der Waals surface area contributed by atoms with Gasteiger partial charge in [-0.2, -0.15) is 4.31 Å². The third-order valence-corrected chi connectivity index (χ3v) is 7.57. The Kier molecular flexibility index (Phi) is 6.71. The Labute approximate surface area is 152 Å². The maximum absolute atomic E-state index is 12.8. The molecule has 1 aliphatic carbocycles. The van der Waals surface area contributed by atoms with E-state index in [0.717, 1.165) is 25.2 Å². The van der Waals surface area contributed by atoms with E-state index in [2.05, 4.69) is 11.8 Å². The van der Waals surface area contributed by atoms with Crippen molar-refractivity contribution in [3.05, 3.63) is 30.3 Å². The first-order valence-electron chi connectivity index (χ1n) is 8.75. The average Bonchev–Trinajstić information content (AvgIpc) is 3.05. The number of hydrogen-bond donors (Lipinski definition) is 0. The average molecular weight is 373 g/mol. The summed E-state index contributed by atoms with van der Waals surface area (Å²) >= 11 is 0. The van der Waals surface area contributed by atoms with Gasteiger partial charge in [-0.15, -0.1) is 12.4 Å². The van der Waals surface area contributed by atoms with E-state index >= 15 is 0 Å². The van der Waals surface area contributed by atoms with Gasteiger partial charge in [-0.25, -0.2) is 8.42 Å². The molecule has 1 saturated heterocycles. The summed E-state index contributed by atoms with van der Waals surface area (Å²) in [6.07, 6.45) is 5.61. The van der Waals surface area contributed by atoms with Crippen LogP contribution in [0.25, 0.3) is 0 Å². The first kappa shape index (κ1) is 19.7. The molecule has 2 atom stereocenters. The van der Waals surface area contributed by atoms with Gasteiger partial charge in [-0.3, -0.25) is 0 Å². The fourth-order valence-electron chi connectivity index (χ4n) is 3.95. The van der Waals surface area contributed by atoms with Crippen molar-refractivity contribution >= 4 is 22.4 Å². The van der Waals surface area contributed by atoms with E-state index in [4.69, 9.17) is 0 Å². The van der Waals surface area contributed by atoms with Crippen molar-refractivity contribution in [2.24, 2.45) is 5.92 Å². The van der Waals surface area contributed by atoms with Gasteiger partial charge in [0.25, 0.3) is 0 Å². The maximum atomic E-state index is 12.8. The van der Waals surface area contributed by atoms with Crippen molar-refractivity contribution in [3.8, 4) is 0 Å². The van der Waals surface area contributed by atoms with Crippen molar-refractivity contribution in [3.63, 3.8) is 0 Å². The topological polar surface area (TPSA) is 40.6 Å². The van der Waals surface area contributed by atoms with E-state index < -0.39 is 10.0 Å². The first-order chi connectivity index (χ1) is 11.0. The monoisotopic (exact) mass is 372 g/mol. The van der Waals surface area contributed by atoms with Crippen molar-refractivity contribution in [1.82, 2.24) is 9.21 Å². The Bertz CT molecular complexity index is 615. The molecule has 4 nitrogen and oxygen atoms in total. The molecule has 1 aromatic rings. The van der Waals surface area contributed by atoms with Crippen LogP contribution in [0.1, 0.15) is 39.0 Å². The number of rotatable bonds is 4. The number of nitrogens with zero attached hydrogens (tertiary/aromatic N) is 2. The van der Waals surface area contributed by atoms with Crippen LogP contribution in [0.15, 0.2) is 35.2 Å². The zero-order valence-corrected chi connectivity index (χ0v) is 16.2. The number of hydrogen-bond acceptors (Lipinski definition) is 3. The lowest BCUT2D eigenvalue weighted by Gasteiger charge is -2.35. The van der Waals surface area contributed by atoms with Crippen molar-refractivity contribution in [2.75, 3.05) is 20.1 Å². The highest BCUT2D eigenvalue weighted by atomic mass is 35.5. The standard InChI is InChI=1S/C18H28N2O2S.ClH/c1-15-10-12-20(13-11-15)17-9-8-16(14-17)19(2)23(21,22)18-6-4-3-5-7-18;/h3-7,15-17H,8-14H2,1-2H3;1H/t16-,17+;/m1./s1. The van der Waals surface area contributed by atoms with Gasteiger partial charge in [0.05, 0.1) is 4.90 Å². The van der Waals surface area contributed by atoms with Crippen molar-refractivity contribution in [1.29, 1.82) is 0 Å². The van der Waals surface area contributed by atoms with Crippen LogP contribution in [0.4, 0.5) is 0 Å². The smallest absolute Gasteiger partial charge is 0.243 e. The molecule has 0 radical (unpaired) electrons. The zero-order chi connectivity index (χ0) is 16.4. The number of halogens is 1. The van der Waals surface area contributed by atoms with E-state index in [-0.39, 0.29) is 18.4 Å². The van der Waals surface area contributed by atoms with Crippen LogP contribution in [0.2, 0.25) is 0 Å². The second-order valence-corrected chi connectivity index (χ2v) is 9.17. The van der Waals surface area contributed by atoms with Crippen molar-refractivity contribution < 1.29 is 8.42 Å². The first-order valence-corrected chi connectivity index (χ1v) is 10.2. The highest BCUT2D eigenvalue weighted by molar-refractivity contribution is 7.89. The fraction of sp³-hybridized carbons (Fsp3) is 0.667. The molecule has 2 fully saturated rings. The summed E-state index contributed by atoms with van der Waals surface area (Å²) < 4.78 is 27.1. The minimum Gasteiger partial charge on any atom is -0.300 e. The van der Waals surface area contributed by atoms with Gasteiger partial charge >= 0.3 is 0 Å². The highest BCUT2D eigenvalue weighted by Crippen LogP contribution is 2.32. The molecule has 3 rings (SSSR count). The third kappa shape index (κ3) is 4.13. The summed E-state index contributed by atoms with van der Waals surface area (Å²) in [7, 11) is -1.63. The van der Waals surface area contributed by atoms with Gasteiger partial charge in [-0.05, 0) is 63.2 Å². The fourth-order valence-corrected chi connectivity index (χ4v) is 5.36. The summed E-state index contributed by atoms with van der Waals surface area (Å²) in [5.74, 6) is 0.838. The Morgan fingerprint density at radius 3 is 2.29 bits per heavy atom. The number of likely N-dealkylation sites (tertiary alicyclic amines) is 1. The normalized spacial score (nSPS) is 26.5. The maximum Gasteiger partial charge on any atom is 0.243 e. The van der Waals surface area contributed by atoms with Gasteiger partial charge in [0, 0.05) is 19.1 Å². The second kappa shape index (κ2) is 8.17. The van der Waals surface area contributed by atoms with Crippen LogP contribution in [0.5, 0.6) is 0 Å². The second-order valence-electron chi connectivity index (χ2n) is 7.17. The predicted molar refractivity (Wildman–Crippen MR) is 100 cm³/mol. The lowest BCUT2D eigenvalue weighted by Crippen LogP contribution is -2.41. The largest absolute Gasteiger partial charge is 0.300 e. The lowest BCUT2D eigenvalue weighted by atomic mass is 9.97. The van der Waals surface area contributed by atoms with E-state index in [1.54, 1.807) is 35.6 Å². The number of piperidine rings is 1. The van der Waals surface area contributed by atoms with Crippen LogP contribution in [0, 0.1) is 5.92 Å². The molecular weight excluding hydrogens is 344 g/mol. The molecule has 1 heterocycles. The molecule has 1 aliphatic heterocycles. The Hall–Kier alpha value is -0.620. The highest BCUT2D eigenvalue weighted by Gasteiger charge is 2.36. The molecule has 0 bridgehead atoms. The molecule has 24 heavy (non-hydrogen) atoms. The van der Waals surface area contributed by atoms with Crippen LogP contribution in [0.3, 0.4) is 0 Å². The Balaban J connectivity index is 0.00000208. The molecule has 1 saturated carbocycles. The molecule has 0 amide bonds. The van der Waals surface area contributed by atoms with E-state index in [9.17, 15) is 8.42 Å². The van der Waals surface area contributed by atoms with Gasteiger partial charge in [0.2, 0.25) is 10.0 Å². The van der Waals surface area contributed by atoms with Crippen LogP contribution in [-0.4, -0.2) is 49.8 Å². The van der Waals surface area contributed by atoms with Gasteiger partial charge < -0.3 is 4.90 Å². The molecule has 1 aromatic carbocycles. The van der Waals surface area contributed by atoms with Crippen LogP contribution >= 0.6 is 12.4 Å². The van der Waals surface area contributed by atoms with Crippen LogP contribution < -0.4 is 0 Å². The molecule has 0 aromatic heterocycles. The Morgan fingerprint density at radius 1 is 1.04 bits per heavy atom. The summed E-state index contributed by atoms with van der Waals surface area (Å²) in [6.45, 7) is 4.68. The lowest BCUT2D eigenvalue weighted by molar-refractivity contribution is 0.136. The van der Waals surface area contributed by atoms with Crippen molar-refractivity contribution in [2.45, 2.75) is 56.0 Å². The zero-order valence-electron chi connectivity index (χ0n) is 14.6. The van der Waals surface area contributed by atoms with Crippen LogP contribution in [-0.2, 0) is 10.0 Å². The SMILES string of the molecule is CC1CCN([C@H]2CC[C@@H](N(C)S(=O)(=O)c3ccccc3)C2)CC1.Cl.